The van der Waals surface area contributed by atoms with Crippen molar-refractivity contribution in [2.45, 2.75) is 50.7 Å². The van der Waals surface area contributed by atoms with Crippen molar-refractivity contribution < 1.29 is 9.84 Å². The third kappa shape index (κ3) is 3.07. The van der Waals surface area contributed by atoms with Crippen LogP contribution in [0.3, 0.4) is 0 Å². The Kier molecular flexibility index (Phi) is 3.84. The zero-order chi connectivity index (χ0) is 12.3. The summed E-state index contributed by atoms with van der Waals surface area (Å²) in [4.78, 5) is 4.29. The molecule has 0 amide bonds. The largest absolute Gasteiger partial charge is 0.389 e. The third-order valence-electron chi connectivity index (χ3n) is 3.55. The predicted octanol–water partition coefficient (Wildman–Crippen LogP) is 1.67. The summed E-state index contributed by atoms with van der Waals surface area (Å²) in [5.74, 6) is 0.949. The Morgan fingerprint density at radius 1 is 1.65 bits per heavy atom. The maximum Gasteiger partial charge on any atom is 0.111 e. The second kappa shape index (κ2) is 5.19. The minimum Gasteiger partial charge on any atom is -0.389 e. The predicted molar refractivity (Wildman–Crippen MR) is 65.7 cm³/mol. The first-order valence-corrected chi connectivity index (χ1v) is 6.43. The topological polar surface area (TPSA) is 47.3 Å². The van der Waals surface area contributed by atoms with Crippen molar-refractivity contribution in [1.29, 1.82) is 0 Å². The van der Waals surface area contributed by atoms with Crippen molar-refractivity contribution in [3.05, 3.63) is 18.2 Å². The number of imidazole rings is 1. The number of rotatable bonds is 4. The van der Waals surface area contributed by atoms with E-state index in [0.29, 0.717) is 19.4 Å². The van der Waals surface area contributed by atoms with E-state index in [-0.39, 0.29) is 6.10 Å². The molecular formula is C13H22N2O2. The number of nitrogens with zero attached hydrogens (tertiary/aromatic N) is 2. The molecule has 1 N–H and O–H groups in total. The molecule has 1 aromatic heterocycles. The van der Waals surface area contributed by atoms with Gasteiger partial charge in [0.25, 0.3) is 0 Å². The Morgan fingerprint density at radius 2 is 2.47 bits per heavy atom. The van der Waals surface area contributed by atoms with Gasteiger partial charge in [-0.1, -0.05) is 13.3 Å². The summed E-state index contributed by atoms with van der Waals surface area (Å²) in [6, 6.07) is 0. The van der Waals surface area contributed by atoms with Gasteiger partial charge < -0.3 is 14.4 Å². The number of aryl methyl sites for hydroxylation is 1. The van der Waals surface area contributed by atoms with Crippen LogP contribution in [-0.4, -0.2) is 33.0 Å². The second-order valence-electron chi connectivity index (χ2n) is 5.09. The van der Waals surface area contributed by atoms with E-state index in [9.17, 15) is 5.11 Å². The molecule has 96 valence electrons. The molecule has 1 fully saturated rings. The first kappa shape index (κ1) is 12.6. The van der Waals surface area contributed by atoms with E-state index in [4.69, 9.17) is 4.74 Å². The van der Waals surface area contributed by atoms with Gasteiger partial charge in [0.05, 0.1) is 11.7 Å². The van der Waals surface area contributed by atoms with E-state index in [1.165, 1.54) is 0 Å². The standard InChI is InChI=1S/C13H22N2O2/c1-3-4-11-9-13(16,5-8-17-11)10-12-14-6-7-15(12)2/h6-7,11,16H,3-5,8-10H2,1-2H3. The molecule has 1 saturated heterocycles. The monoisotopic (exact) mass is 238 g/mol. The van der Waals surface area contributed by atoms with Gasteiger partial charge in [-0.3, -0.25) is 0 Å². The van der Waals surface area contributed by atoms with Gasteiger partial charge in [-0.05, 0) is 6.42 Å². The molecule has 0 aliphatic carbocycles. The molecule has 2 heterocycles. The highest BCUT2D eigenvalue weighted by Crippen LogP contribution is 2.29. The molecule has 4 nitrogen and oxygen atoms in total. The highest BCUT2D eigenvalue weighted by molar-refractivity contribution is 5.00. The zero-order valence-electron chi connectivity index (χ0n) is 10.7. The Balaban J connectivity index is 2.00. The first-order valence-electron chi connectivity index (χ1n) is 6.43. The summed E-state index contributed by atoms with van der Waals surface area (Å²) in [5, 5.41) is 10.6. The SMILES string of the molecule is CCCC1CC(O)(Cc2nccn2C)CCO1. The number of hydrogen-bond donors (Lipinski definition) is 1. The van der Waals surface area contributed by atoms with Crippen molar-refractivity contribution in [1.82, 2.24) is 9.55 Å². The zero-order valence-corrected chi connectivity index (χ0v) is 10.7. The summed E-state index contributed by atoms with van der Waals surface area (Å²) >= 11 is 0. The second-order valence-corrected chi connectivity index (χ2v) is 5.09. The van der Waals surface area contributed by atoms with Gasteiger partial charge in [0.2, 0.25) is 0 Å². The van der Waals surface area contributed by atoms with Crippen LogP contribution in [0.5, 0.6) is 0 Å². The third-order valence-corrected chi connectivity index (χ3v) is 3.55. The van der Waals surface area contributed by atoms with Gasteiger partial charge in [-0.15, -0.1) is 0 Å². The van der Waals surface area contributed by atoms with E-state index in [2.05, 4.69) is 11.9 Å². The summed E-state index contributed by atoms with van der Waals surface area (Å²) in [6.07, 6.45) is 8.10. The Morgan fingerprint density at radius 3 is 3.12 bits per heavy atom. The average Bonchev–Trinajstić information content (AvgIpc) is 2.64. The fraction of sp³-hybridized carbons (Fsp3) is 0.769. The summed E-state index contributed by atoms with van der Waals surface area (Å²) in [5.41, 5.74) is -0.642. The summed E-state index contributed by atoms with van der Waals surface area (Å²) in [6.45, 7) is 2.81. The van der Waals surface area contributed by atoms with Crippen LogP contribution in [0.1, 0.15) is 38.4 Å². The number of aromatic nitrogens is 2. The minimum absolute atomic E-state index is 0.207. The molecule has 0 aromatic carbocycles. The Bertz CT molecular complexity index is 362. The van der Waals surface area contributed by atoms with Crippen LogP contribution in [0, 0.1) is 0 Å². The molecule has 2 atom stereocenters. The highest BCUT2D eigenvalue weighted by Gasteiger charge is 2.35. The van der Waals surface area contributed by atoms with E-state index < -0.39 is 5.60 Å². The van der Waals surface area contributed by atoms with Crippen molar-refractivity contribution >= 4 is 0 Å². The van der Waals surface area contributed by atoms with E-state index in [1.807, 2.05) is 17.8 Å². The molecule has 1 aliphatic rings. The van der Waals surface area contributed by atoms with Crippen LogP contribution in [-0.2, 0) is 18.2 Å². The van der Waals surface area contributed by atoms with E-state index >= 15 is 0 Å². The quantitative estimate of drug-likeness (QED) is 0.868. The van der Waals surface area contributed by atoms with Crippen molar-refractivity contribution in [3.8, 4) is 0 Å². The average molecular weight is 238 g/mol. The Labute approximate surface area is 103 Å². The molecule has 0 radical (unpaired) electrons. The first-order chi connectivity index (χ1) is 8.13. The Hall–Kier alpha value is -0.870. The van der Waals surface area contributed by atoms with Crippen molar-refractivity contribution in [3.63, 3.8) is 0 Å². The molecule has 1 aromatic rings. The smallest absolute Gasteiger partial charge is 0.111 e. The molecule has 2 unspecified atom stereocenters. The molecular weight excluding hydrogens is 216 g/mol. The highest BCUT2D eigenvalue weighted by atomic mass is 16.5. The molecule has 0 saturated carbocycles. The van der Waals surface area contributed by atoms with E-state index in [1.54, 1.807) is 6.20 Å². The molecule has 4 heteroatoms. The molecule has 0 spiro atoms. The summed E-state index contributed by atoms with van der Waals surface area (Å²) in [7, 11) is 1.97. The van der Waals surface area contributed by atoms with Crippen molar-refractivity contribution in [2.75, 3.05) is 6.61 Å². The minimum atomic E-state index is -0.642. The van der Waals surface area contributed by atoms with Crippen LogP contribution >= 0.6 is 0 Å². The van der Waals surface area contributed by atoms with Gasteiger partial charge in [-0.2, -0.15) is 0 Å². The van der Waals surface area contributed by atoms with Crippen LogP contribution in [0.4, 0.5) is 0 Å². The number of aliphatic hydroxyl groups is 1. The molecule has 0 bridgehead atoms. The fourth-order valence-electron chi connectivity index (χ4n) is 2.53. The molecule has 1 aliphatic heterocycles. The molecule has 2 rings (SSSR count). The van der Waals surface area contributed by atoms with E-state index in [0.717, 1.165) is 25.1 Å². The maximum absolute atomic E-state index is 10.6. The van der Waals surface area contributed by atoms with Gasteiger partial charge in [0, 0.05) is 45.3 Å². The lowest BCUT2D eigenvalue weighted by Gasteiger charge is -2.36. The van der Waals surface area contributed by atoms with Crippen LogP contribution < -0.4 is 0 Å². The van der Waals surface area contributed by atoms with Gasteiger partial charge in [0.1, 0.15) is 5.82 Å². The lowest BCUT2D eigenvalue weighted by atomic mass is 9.86. The lowest BCUT2D eigenvalue weighted by molar-refractivity contribution is -0.105. The summed E-state index contributed by atoms with van der Waals surface area (Å²) < 4.78 is 7.65. The number of hydrogen-bond acceptors (Lipinski definition) is 3. The van der Waals surface area contributed by atoms with Crippen LogP contribution in [0.15, 0.2) is 12.4 Å². The van der Waals surface area contributed by atoms with Crippen molar-refractivity contribution in [2.24, 2.45) is 7.05 Å². The van der Waals surface area contributed by atoms with Crippen LogP contribution in [0.2, 0.25) is 0 Å². The normalized spacial score (nSPS) is 29.5. The number of ether oxygens (including phenoxy) is 1. The molecule has 17 heavy (non-hydrogen) atoms. The van der Waals surface area contributed by atoms with Gasteiger partial charge in [-0.25, -0.2) is 4.98 Å². The maximum atomic E-state index is 10.6. The van der Waals surface area contributed by atoms with Gasteiger partial charge >= 0.3 is 0 Å². The fourth-order valence-corrected chi connectivity index (χ4v) is 2.53. The van der Waals surface area contributed by atoms with Gasteiger partial charge in [0.15, 0.2) is 0 Å². The lowest BCUT2D eigenvalue weighted by Crippen LogP contribution is -2.43. The van der Waals surface area contributed by atoms with Crippen LogP contribution in [0.25, 0.3) is 0 Å².